The molecule has 0 atom stereocenters. The number of nitrogens with zero attached hydrogens (tertiary/aromatic N) is 1. The van der Waals surface area contributed by atoms with Crippen molar-refractivity contribution in [2.24, 2.45) is 0 Å². The van der Waals surface area contributed by atoms with Crippen LogP contribution in [0.2, 0.25) is 5.02 Å². The summed E-state index contributed by atoms with van der Waals surface area (Å²) in [6.45, 7) is 4.63. The smallest absolute Gasteiger partial charge is 0.261 e. The zero-order valence-corrected chi connectivity index (χ0v) is 15.4. The molecule has 0 aliphatic heterocycles. The Labute approximate surface area is 153 Å². The molecule has 4 aromatic rings. The van der Waals surface area contributed by atoms with Gasteiger partial charge in [0.1, 0.15) is 4.83 Å². The van der Waals surface area contributed by atoms with Gasteiger partial charge < -0.3 is 10.3 Å². The average Bonchev–Trinajstić information content (AvgIpc) is 3.09. The van der Waals surface area contributed by atoms with Crippen molar-refractivity contribution in [2.75, 3.05) is 11.9 Å². The lowest BCUT2D eigenvalue weighted by Gasteiger charge is -2.05. The lowest BCUT2D eigenvalue weighted by molar-refractivity contribution is 0.993. The number of benzene rings is 1. The first kappa shape index (κ1) is 16.2. The van der Waals surface area contributed by atoms with Crippen LogP contribution in [0.3, 0.4) is 0 Å². The Bertz CT molecular complexity index is 1140. The van der Waals surface area contributed by atoms with Gasteiger partial charge in [-0.3, -0.25) is 9.78 Å². The Morgan fingerprint density at radius 3 is 3.00 bits per heavy atom. The van der Waals surface area contributed by atoms with Gasteiger partial charge in [0.15, 0.2) is 0 Å². The van der Waals surface area contributed by atoms with Crippen LogP contribution in [0.4, 0.5) is 5.95 Å². The van der Waals surface area contributed by atoms with Crippen molar-refractivity contribution in [3.63, 3.8) is 0 Å². The summed E-state index contributed by atoms with van der Waals surface area (Å²) in [6, 6.07) is 5.81. The van der Waals surface area contributed by atoms with Crippen molar-refractivity contribution in [1.29, 1.82) is 0 Å². The molecule has 0 fully saturated rings. The van der Waals surface area contributed by atoms with E-state index in [4.69, 9.17) is 11.6 Å². The zero-order valence-electron chi connectivity index (χ0n) is 13.9. The number of hydrogen-bond donors (Lipinski definition) is 3. The van der Waals surface area contributed by atoms with Crippen LogP contribution in [0.5, 0.6) is 0 Å². The molecule has 7 heteroatoms. The van der Waals surface area contributed by atoms with E-state index in [0.29, 0.717) is 17.9 Å². The van der Waals surface area contributed by atoms with Crippen molar-refractivity contribution in [1.82, 2.24) is 15.0 Å². The molecule has 0 amide bonds. The molecule has 3 aromatic heterocycles. The van der Waals surface area contributed by atoms with E-state index >= 15 is 0 Å². The van der Waals surface area contributed by atoms with Crippen molar-refractivity contribution < 1.29 is 0 Å². The number of aryl methyl sites for hydroxylation is 2. The second-order valence-electron chi connectivity index (χ2n) is 6.06. The molecular weight excluding hydrogens is 356 g/mol. The van der Waals surface area contributed by atoms with Crippen LogP contribution in [0.25, 0.3) is 21.1 Å². The number of anilines is 1. The Kier molecular flexibility index (Phi) is 4.01. The van der Waals surface area contributed by atoms with Gasteiger partial charge in [0.2, 0.25) is 5.95 Å². The van der Waals surface area contributed by atoms with Gasteiger partial charge >= 0.3 is 0 Å². The first-order chi connectivity index (χ1) is 12.0. The second kappa shape index (κ2) is 6.20. The molecule has 3 heterocycles. The van der Waals surface area contributed by atoms with Crippen LogP contribution in [-0.4, -0.2) is 21.5 Å². The monoisotopic (exact) mass is 372 g/mol. The van der Waals surface area contributed by atoms with Crippen LogP contribution >= 0.6 is 22.9 Å². The third-order valence-corrected chi connectivity index (χ3v) is 5.79. The summed E-state index contributed by atoms with van der Waals surface area (Å²) in [5, 5.41) is 5.76. The van der Waals surface area contributed by atoms with Crippen molar-refractivity contribution in [2.45, 2.75) is 20.3 Å². The fraction of sp³-hybridized carbons (Fsp3) is 0.222. The van der Waals surface area contributed by atoms with Gasteiger partial charge in [0, 0.05) is 33.5 Å². The molecule has 3 N–H and O–H groups in total. The normalized spacial score (nSPS) is 11.5. The van der Waals surface area contributed by atoms with E-state index in [9.17, 15) is 4.79 Å². The summed E-state index contributed by atoms with van der Waals surface area (Å²) in [6.07, 6.45) is 2.79. The fourth-order valence-corrected chi connectivity index (χ4v) is 4.21. The number of aromatic nitrogens is 3. The van der Waals surface area contributed by atoms with Gasteiger partial charge in [-0.25, -0.2) is 4.98 Å². The predicted molar refractivity (Wildman–Crippen MR) is 105 cm³/mol. The number of nitrogens with one attached hydrogen (secondary N) is 3. The second-order valence-corrected chi connectivity index (χ2v) is 7.70. The molecule has 0 aliphatic carbocycles. The van der Waals surface area contributed by atoms with Crippen LogP contribution < -0.4 is 10.9 Å². The minimum Gasteiger partial charge on any atom is -0.361 e. The average molecular weight is 373 g/mol. The SMILES string of the molecule is Cc1sc2nc(NCCc3c[nH]c4ccc(Cl)cc34)[nH]c(=O)c2c1C. The molecular formula is C18H17ClN4OS. The van der Waals surface area contributed by atoms with Crippen molar-refractivity contribution in [3.8, 4) is 0 Å². The third kappa shape index (κ3) is 2.92. The van der Waals surface area contributed by atoms with Crippen molar-refractivity contribution in [3.05, 3.63) is 55.8 Å². The lowest BCUT2D eigenvalue weighted by Crippen LogP contribution is -2.14. The Hall–Kier alpha value is -2.31. The van der Waals surface area contributed by atoms with Crippen LogP contribution in [0.15, 0.2) is 29.2 Å². The maximum absolute atomic E-state index is 12.3. The van der Waals surface area contributed by atoms with Crippen LogP contribution in [0, 0.1) is 13.8 Å². The zero-order chi connectivity index (χ0) is 17.6. The molecule has 0 aliphatic rings. The molecule has 128 valence electrons. The lowest BCUT2D eigenvalue weighted by atomic mass is 10.1. The predicted octanol–water partition coefficient (Wildman–Crippen LogP) is 4.39. The van der Waals surface area contributed by atoms with Crippen LogP contribution in [0.1, 0.15) is 16.0 Å². The van der Waals surface area contributed by atoms with Gasteiger partial charge in [-0.15, -0.1) is 11.3 Å². The number of rotatable bonds is 4. The molecule has 0 saturated carbocycles. The van der Waals surface area contributed by atoms with Gasteiger partial charge in [-0.2, -0.15) is 0 Å². The maximum Gasteiger partial charge on any atom is 0.261 e. The largest absolute Gasteiger partial charge is 0.361 e. The third-order valence-electron chi connectivity index (χ3n) is 4.46. The Balaban J connectivity index is 1.54. The van der Waals surface area contributed by atoms with Crippen LogP contribution in [-0.2, 0) is 6.42 Å². The number of aromatic amines is 2. The summed E-state index contributed by atoms with van der Waals surface area (Å²) in [5.41, 5.74) is 3.16. The first-order valence-corrected chi connectivity index (χ1v) is 9.22. The number of fused-ring (bicyclic) bond motifs is 2. The molecule has 4 rings (SSSR count). The topological polar surface area (TPSA) is 73.6 Å². The van der Waals surface area contributed by atoms with Gasteiger partial charge in [0.05, 0.1) is 5.39 Å². The van der Waals surface area contributed by atoms with E-state index in [0.717, 1.165) is 37.6 Å². The summed E-state index contributed by atoms with van der Waals surface area (Å²) in [4.78, 5) is 24.8. The molecule has 0 radical (unpaired) electrons. The summed E-state index contributed by atoms with van der Waals surface area (Å²) >= 11 is 7.64. The summed E-state index contributed by atoms with van der Waals surface area (Å²) in [5.74, 6) is 0.511. The summed E-state index contributed by atoms with van der Waals surface area (Å²) in [7, 11) is 0. The van der Waals surface area contributed by atoms with Gasteiger partial charge in [-0.05, 0) is 49.6 Å². The number of halogens is 1. The minimum atomic E-state index is -0.0896. The highest BCUT2D eigenvalue weighted by molar-refractivity contribution is 7.18. The highest BCUT2D eigenvalue weighted by Crippen LogP contribution is 2.26. The highest BCUT2D eigenvalue weighted by atomic mass is 35.5. The molecule has 0 bridgehead atoms. The maximum atomic E-state index is 12.3. The van der Waals surface area contributed by atoms with E-state index in [-0.39, 0.29) is 5.56 Å². The Morgan fingerprint density at radius 1 is 1.32 bits per heavy atom. The number of H-pyrrole nitrogens is 2. The first-order valence-electron chi connectivity index (χ1n) is 8.02. The molecule has 5 nitrogen and oxygen atoms in total. The standard InChI is InChI=1S/C18H17ClN4OS/c1-9-10(2)25-17-15(9)16(24)22-18(23-17)20-6-5-11-8-21-14-4-3-12(19)7-13(11)14/h3-4,7-8,21H,5-6H2,1-2H3,(H2,20,22,23,24). The molecule has 1 aromatic carbocycles. The minimum absolute atomic E-state index is 0.0896. The molecule has 0 saturated heterocycles. The van der Waals surface area contributed by atoms with E-state index in [1.54, 1.807) is 11.3 Å². The number of hydrogen-bond acceptors (Lipinski definition) is 4. The molecule has 25 heavy (non-hydrogen) atoms. The summed E-state index contributed by atoms with van der Waals surface area (Å²) < 4.78 is 0. The molecule has 0 spiro atoms. The van der Waals surface area contributed by atoms with Gasteiger partial charge in [-0.1, -0.05) is 11.6 Å². The van der Waals surface area contributed by atoms with E-state index in [2.05, 4.69) is 20.3 Å². The van der Waals surface area contributed by atoms with Crippen molar-refractivity contribution >= 4 is 50.0 Å². The van der Waals surface area contributed by atoms with E-state index in [1.807, 2.05) is 38.2 Å². The van der Waals surface area contributed by atoms with E-state index in [1.165, 1.54) is 5.56 Å². The quantitative estimate of drug-likeness (QED) is 0.497. The van der Waals surface area contributed by atoms with E-state index < -0.39 is 0 Å². The Morgan fingerprint density at radius 2 is 2.16 bits per heavy atom. The highest BCUT2D eigenvalue weighted by Gasteiger charge is 2.11. The molecule has 0 unspecified atom stereocenters. The fourth-order valence-electron chi connectivity index (χ4n) is 3.01. The van der Waals surface area contributed by atoms with Gasteiger partial charge in [0.25, 0.3) is 5.56 Å². The number of thiophene rings is 1.